The molecule has 0 radical (unpaired) electrons. The van der Waals surface area contributed by atoms with Crippen molar-refractivity contribution in [3.05, 3.63) is 29.8 Å². The van der Waals surface area contributed by atoms with Gasteiger partial charge in [0, 0.05) is 7.05 Å². The molecule has 0 aliphatic carbocycles. The maximum absolute atomic E-state index is 12.2. The molecule has 1 aromatic carbocycles. The highest BCUT2D eigenvalue weighted by atomic mass is 16.5. The lowest BCUT2D eigenvalue weighted by Gasteiger charge is -2.27. The van der Waals surface area contributed by atoms with Gasteiger partial charge in [-0.25, -0.2) is 0 Å². The number of nitrogens with zero attached hydrogens (tertiary/aromatic N) is 1. The number of carbonyl (C=O) groups excluding carboxylic acids is 1. The lowest BCUT2D eigenvalue weighted by molar-refractivity contribution is -0.133. The largest absolute Gasteiger partial charge is 0.491 e. The number of benzene rings is 1. The summed E-state index contributed by atoms with van der Waals surface area (Å²) in [6.45, 7) is 4.12. The fraction of sp³-hybridized carbons (Fsp3) is 0.562. The first-order valence-corrected chi connectivity index (χ1v) is 7.35. The molecule has 1 aliphatic heterocycles. The summed E-state index contributed by atoms with van der Waals surface area (Å²) in [6, 6.07) is 7.93. The molecular formula is C16H24N2O2. The number of aryl methyl sites for hydroxylation is 1. The van der Waals surface area contributed by atoms with Gasteiger partial charge in [0.15, 0.2) is 0 Å². The Morgan fingerprint density at radius 3 is 2.90 bits per heavy atom. The van der Waals surface area contributed by atoms with Crippen LogP contribution in [0, 0.1) is 6.92 Å². The number of para-hydroxylation sites is 1. The number of carbonyl (C=O) groups is 1. The average Bonchev–Trinajstić information content (AvgIpc) is 2.49. The molecule has 0 spiro atoms. The molecule has 4 heteroatoms. The Labute approximate surface area is 121 Å². The minimum absolute atomic E-state index is 0.00721. The van der Waals surface area contributed by atoms with E-state index in [0.717, 1.165) is 30.7 Å². The summed E-state index contributed by atoms with van der Waals surface area (Å²) in [6.07, 6.45) is 3.25. The van der Waals surface area contributed by atoms with Gasteiger partial charge in [-0.15, -0.1) is 0 Å². The van der Waals surface area contributed by atoms with Gasteiger partial charge in [0.2, 0.25) is 5.91 Å². The Kier molecular flexibility index (Phi) is 5.41. The Hall–Kier alpha value is -1.55. The molecule has 20 heavy (non-hydrogen) atoms. The van der Waals surface area contributed by atoms with Crippen molar-refractivity contribution in [1.29, 1.82) is 0 Å². The summed E-state index contributed by atoms with van der Waals surface area (Å²) in [5.74, 6) is 1.07. The van der Waals surface area contributed by atoms with Gasteiger partial charge in [0.25, 0.3) is 0 Å². The van der Waals surface area contributed by atoms with Crippen LogP contribution in [0.1, 0.15) is 24.8 Å². The highest BCUT2D eigenvalue weighted by molar-refractivity contribution is 5.81. The summed E-state index contributed by atoms with van der Waals surface area (Å²) in [5.41, 5.74) is 1.12. The second-order valence-electron chi connectivity index (χ2n) is 5.38. The van der Waals surface area contributed by atoms with E-state index in [-0.39, 0.29) is 11.9 Å². The van der Waals surface area contributed by atoms with Crippen molar-refractivity contribution in [2.24, 2.45) is 0 Å². The summed E-state index contributed by atoms with van der Waals surface area (Å²) in [5, 5.41) is 3.28. The van der Waals surface area contributed by atoms with Gasteiger partial charge in [-0.05, 0) is 37.9 Å². The van der Waals surface area contributed by atoms with Gasteiger partial charge in [-0.2, -0.15) is 0 Å². The van der Waals surface area contributed by atoms with Crippen LogP contribution in [0.5, 0.6) is 5.75 Å². The van der Waals surface area contributed by atoms with Crippen LogP contribution in [0.3, 0.4) is 0 Å². The van der Waals surface area contributed by atoms with Gasteiger partial charge < -0.3 is 15.0 Å². The predicted octanol–water partition coefficient (Wildman–Crippen LogP) is 1.97. The SMILES string of the molecule is Cc1ccccc1OCCN(C)C(=O)[C@H]1CCCCN1. The van der Waals surface area contributed by atoms with Gasteiger partial charge >= 0.3 is 0 Å². The number of likely N-dealkylation sites (N-methyl/N-ethyl adjacent to an activating group) is 1. The molecule has 1 amide bonds. The molecule has 1 fully saturated rings. The number of amides is 1. The fourth-order valence-electron chi connectivity index (χ4n) is 2.45. The van der Waals surface area contributed by atoms with Crippen LogP contribution in [-0.4, -0.2) is 43.6 Å². The Balaban J connectivity index is 1.75. The number of rotatable bonds is 5. The highest BCUT2D eigenvalue weighted by Crippen LogP contribution is 2.16. The third-order valence-corrected chi connectivity index (χ3v) is 3.76. The Bertz CT molecular complexity index is 442. The van der Waals surface area contributed by atoms with E-state index in [2.05, 4.69) is 5.32 Å². The van der Waals surface area contributed by atoms with Crippen molar-refractivity contribution >= 4 is 5.91 Å². The van der Waals surface area contributed by atoms with E-state index in [1.165, 1.54) is 6.42 Å². The van der Waals surface area contributed by atoms with Crippen LogP contribution in [0.2, 0.25) is 0 Å². The maximum Gasteiger partial charge on any atom is 0.239 e. The summed E-state index contributed by atoms with van der Waals surface area (Å²) >= 11 is 0. The molecule has 0 aromatic heterocycles. The van der Waals surface area contributed by atoms with Crippen LogP contribution < -0.4 is 10.1 Å². The third-order valence-electron chi connectivity index (χ3n) is 3.76. The lowest BCUT2D eigenvalue weighted by atomic mass is 10.0. The molecule has 2 rings (SSSR count). The van der Waals surface area contributed by atoms with Crippen LogP contribution >= 0.6 is 0 Å². The molecular weight excluding hydrogens is 252 g/mol. The van der Waals surface area contributed by atoms with Crippen molar-refractivity contribution < 1.29 is 9.53 Å². The van der Waals surface area contributed by atoms with Crippen LogP contribution in [0.15, 0.2) is 24.3 Å². The number of nitrogens with one attached hydrogen (secondary N) is 1. The molecule has 1 atom stereocenters. The lowest BCUT2D eigenvalue weighted by Crippen LogP contribution is -2.48. The van der Waals surface area contributed by atoms with Crippen LogP contribution in [0.25, 0.3) is 0 Å². The first kappa shape index (κ1) is 14.9. The molecule has 1 aromatic rings. The first-order chi connectivity index (χ1) is 9.68. The number of hydrogen-bond acceptors (Lipinski definition) is 3. The van der Waals surface area contributed by atoms with E-state index in [4.69, 9.17) is 4.74 Å². The average molecular weight is 276 g/mol. The summed E-state index contributed by atoms with van der Waals surface area (Å²) in [4.78, 5) is 14.0. The van der Waals surface area contributed by atoms with E-state index in [0.29, 0.717) is 13.2 Å². The molecule has 1 heterocycles. The second kappa shape index (κ2) is 7.29. The van der Waals surface area contributed by atoms with E-state index in [1.807, 2.05) is 38.2 Å². The van der Waals surface area contributed by atoms with E-state index in [9.17, 15) is 4.79 Å². The number of hydrogen-bond donors (Lipinski definition) is 1. The van der Waals surface area contributed by atoms with Gasteiger partial charge in [0.1, 0.15) is 12.4 Å². The molecule has 0 unspecified atom stereocenters. The van der Waals surface area contributed by atoms with Gasteiger partial charge in [0.05, 0.1) is 12.6 Å². The van der Waals surface area contributed by atoms with E-state index >= 15 is 0 Å². The normalized spacial score (nSPS) is 18.6. The van der Waals surface area contributed by atoms with Crippen molar-refractivity contribution in [2.45, 2.75) is 32.2 Å². The monoisotopic (exact) mass is 276 g/mol. The molecule has 0 saturated carbocycles. The van der Waals surface area contributed by atoms with Crippen molar-refractivity contribution in [3.63, 3.8) is 0 Å². The molecule has 110 valence electrons. The van der Waals surface area contributed by atoms with Crippen molar-refractivity contribution in [1.82, 2.24) is 10.2 Å². The smallest absolute Gasteiger partial charge is 0.239 e. The zero-order valence-corrected chi connectivity index (χ0v) is 12.4. The van der Waals surface area contributed by atoms with Crippen molar-refractivity contribution in [3.8, 4) is 5.75 Å². The minimum atomic E-state index is -0.00721. The summed E-state index contributed by atoms with van der Waals surface area (Å²) in [7, 11) is 1.85. The number of piperidine rings is 1. The highest BCUT2D eigenvalue weighted by Gasteiger charge is 2.23. The standard InChI is InChI=1S/C16H24N2O2/c1-13-7-3-4-9-15(13)20-12-11-18(2)16(19)14-8-5-6-10-17-14/h3-4,7,9,14,17H,5-6,8,10-12H2,1-2H3/t14-/m1/s1. The van der Waals surface area contributed by atoms with Gasteiger partial charge in [-0.1, -0.05) is 24.6 Å². The van der Waals surface area contributed by atoms with Crippen molar-refractivity contribution in [2.75, 3.05) is 26.7 Å². The molecule has 1 N–H and O–H groups in total. The van der Waals surface area contributed by atoms with Gasteiger partial charge in [-0.3, -0.25) is 4.79 Å². The topological polar surface area (TPSA) is 41.6 Å². The zero-order valence-electron chi connectivity index (χ0n) is 12.4. The maximum atomic E-state index is 12.2. The second-order valence-corrected chi connectivity index (χ2v) is 5.38. The molecule has 4 nitrogen and oxygen atoms in total. The minimum Gasteiger partial charge on any atom is -0.491 e. The zero-order chi connectivity index (χ0) is 14.4. The predicted molar refractivity (Wildman–Crippen MR) is 80.0 cm³/mol. The van der Waals surface area contributed by atoms with E-state index < -0.39 is 0 Å². The Morgan fingerprint density at radius 2 is 2.20 bits per heavy atom. The molecule has 1 saturated heterocycles. The van der Waals surface area contributed by atoms with Crippen LogP contribution in [0.4, 0.5) is 0 Å². The van der Waals surface area contributed by atoms with Crippen LogP contribution in [-0.2, 0) is 4.79 Å². The Morgan fingerprint density at radius 1 is 1.40 bits per heavy atom. The van der Waals surface area contributed by atoms with E-state index in [1.54, 1.807) is 4.90 Å². The fourth-order valence-corrected chi connectivity index (χ4v) is 2.45. The third kappa shape index (κ3) is 3.97. The first-order valence-electron chi connectivity index (χ1n) is 7.35. The number of ether oxygens (including phenoxy) is 1. The molecule has 0 bridgehead atoms. The quantitative estimate of drug-likeness (QED) is 0.894. The molecule has 1 aliphatic rings. The summed E-state index contributed by atoms with van der Waals surface area (Å²) < 4.78 is 5.73.